The number of pyridine rings is 1. The molecule has 0 aliphatic heterocycles. The van der Waals surface area contributed by atoms with Crippen LogP contribution in [-0.2, 0) is 0 Å². The van der Waals surface area contributed by atoms with Crippen molar-refractivity contribution in [3.05, 3.63) is 21.8 Å². The lowest BCUT2D eigenvalue weighted by molar-refractivity contribution is -0.276. The van der Waals surface area contributed by atoms with Crippen LogP contribution in [0.5, 0.6) is 5.88 Å². The first-order valence-corrected chi connectivity index (χ1v) is 4.45. The molecule has 0 saturated carbocycles. The zero-order valence-electron chi connectivity index (χ0n) is 7.39. The molecule has 0 fully saturated rings. The Morgan fingerprint density at radius 2 is 2.13 bits per heavy atom. The molecule has 0 aliphatic carbocycles. The van der Waals surface area contributed by atoms with E-state index in [2.05, 4.69) is 25.7 Å². The van der Waals surface area contributed by atoms with E-state index in [9.17, 15) is 13.2 Å². The minimum Gasteiger partial charge on any atom is -0.388 e. The number of hydrogen-bond acceptors (Lipinski definition) is 3. The predicted molar refractivity (Wildman–Crippen MR) is 48.1 cm³/mol. The lowest BCUT2D eigenvalue weighted by Gasteiger charge is -2.11. The molecule has 1 rings (SSSR count). The zero-order chi connectivity index (χ0) is 11.6. The summed E-state index contributed by atoms with van der Waals surface area (Å²) in [7, 11) is 0. The van der Waals surface area contributed by atoms with Crippen molar-refractivity contribution >= 4 is 15.9 Å². The molecule has 0 radical (unpaired) electrons. The summed E-state index contributed by atoms with van der Waals surface area (Å²) >= 11 is 2.99. The molecule has 0 amide bonds. The Labute approximate surface area is 91.6 Å². The second-order valence-electron chi connectivity index (χ2n) is 2.58. The standard InChI is InChI=1S/C8H4BrF3N2O/c1-4-6(9)5(2-13)3-14-7(4)15-8(10,11)12/h3H,1H3. The highest BCUT2D eigenvalue weighted by Gasteiger charge is 2.33. The second kappa shape index (κ2) is 4.06. The summed E-state index contributed by atoms with van der Waals surface area (Å²) in [5.74, 6) is -0.562. The molecule has 0 saturated heterocycles. The van der Waals surface area contributed by atoms with Crippen molar-refractivity contribution in [2.75, 3.05) is 0 Å². The van der Waals surface area contributed by atoms with Crippen LogP contribution < -0.4 is 4.74 Å². The number of nitriles is 1. The molecule has 1 aromatic rings. The van der Waals surface area contributed by atoms with Gasteiger partial charge in [-0.15, -0.1) is 13.2 Å². The van der Waals surface area contributed by atoms with Crippen LogP contribution >= 0.6 is 15.9 Å². The quantitative estimate of drug-likeness (QED) is 0.795. The van der Waals surface area contributed by atoms with E-state index >= 15 is 0 Å². The van der Waals surface area contributed by atoms with Crippen LogP contribution in [0.2, 0.25) is 0 Å². The summed E-state index contributed by atoms with van der Waals surface area (Å²) in [6.45, 7) is 1.37. The van der Waals surface area contributed by atoms with Gasteiger partial charge in [0.05, 0.1) is 5.56 Å². The van der Waals surface area contributed by atoms with Gasteiger partial charge in [0.15, 0.2) is 0 Å². The molecule has 0 unspecified atom stereocenters. The van der Waals surface area contributed by atoms with Gasteiger partial charge in [-0.3, -0.25) is 0 Å². The zero-order valence-corrected chi connectivity index (χ0v) is 8.98. The number of alkyl halides is 3. The van der Waals surface area contributed by atoms with Crippen molar-refractivity contribution < 1.29 is 17.9 Å². The summed E-state index contributed by atoms with van der Waals surface area (Å²) in [5.41, 5.74) is 0.286. The van der Waals surface area contributed by atoms with Crippen LogP contribution in [0.25, 0.3) is 0 Å². The topological polar surface area (TPSA) is 45.9 Å². The summed E-state index contributed by atoms with van der Waals surface area (Å²) in [6, 6.07) is 1.78. The summed E-state index contributed by atoms with van der Waals surface area (Å²) in [5, 5.41) is 8.58. The minimum atomic E-state index is -4.79. The number of halogens is 4. The Hall–Kier alpha value is -1.29. The first-order chi connectivity index (χ1) is 6.85. The fourth-order valence-corrected chi connectivity index (χ4v) is 1.22. The van der Waals surface area contributed by atoms with Gasteiger partial charge < -0.3 is 4.74 Å². The third-order valence-corrected chi connectivity index (χ3v) is 2.55. The van der Waals surface area contributed by atoms with E-state index in [0.29, 0.717) is 0 Å². The van der Waals surface area contributed by atoms with Gasteiger partial charge in [0, 0.05) is 16.2 Å². The van der Waals surface area contributed by atoms with Crippen LogP contribution in [0.1, 0.15) is 11.1 Å². The van der Waals surface area contributed by atoms with Crippen molar-refractivity contribution in [1.29, 1.82) is 5.26 Å². The SMILES string of the molecule is Cc1c(OC(F)(F)F)ncc(C#N)c1Br. The van der Waals surface area contributed by atoms with Crippen LogP contribution in [0.3, 0.4) is 0 Å². The molecule has 0 N–H and O–H groups in total. The van der Waals surface area contributed by atoms with Gasteiger partial charge in [-0.25, -0.2) is 4.98 Å². The smallest absolute Gasteiger partial charge is 0.388 e. The lowest BCUT2D eigenvalue weighted by Crippen LogP contribution is -2.18. The summed E-state index contributed by atoms with van der Waals surface area (Å²) in [6.07, 6.45) is -3.77. The van der Waals surface area contributed by atoms with E-state index in [4.69, 9.17) is 5.26 Å². The van der Waals surface area contributed by atoms with E-state index < -0.39 is 12.2 Å². The Kier molecular flexibility index (Phi) is 3.19. The highest BCUT2D eigenvalue weighted by atomic mass is 79.9. The highest BCUT2D eigenvalue weighted by Crippen LogP contribution is 2.30. The number of hydrogen-bond donors (Lipinski definition) is 0. The Morgan fingerprint density at radius 3 is 2.60 bits per heavy atom. The molecular formula is C8H4BrF3N2O. The van der Waals surface area contributed by atoms with Crippen LogP contribution in [0, 0.1) is 18.3 Å². The fraction of sp³-hybridized carbons (Fsp3) is 0.250. The van der Waals surface area contributed by atoms with Crippen LogP contribution in [0.15, 0.2) is 10.7 Å². The minimum absolute atomic E-state index is 0.131. The van der Waals surface area contributed by atoms with Crippen LogP contribution in [0.4, 0.5) is 13.2 Å². The van der Waals surface area contributed by atoms with Crippen molar-refractivity contribution in [1.82, 2.24) is 4.98 Å². The van der Waals surface area contributed by atoms with Gasteiger partial charge in [-0.05, 0) is 22.9 Å². The number of aromatic nitrogens is 1. The molecule has 0 atom stereocenters. The highest BCUT2D eigenvalue weighted by molar-refractivity contribution is 9.10. The predicted octanol–water partition coefficient (Wildman–Crippen LogP) is 2.92. The molecule has 0 aromatic carbocycles. The van der Waals surface area contributed by atoms with E-state index in [0.717, 1.165) is 6.20 Å². The maximum atomic E-state index is 11.9. The van der Waals surface area contributed by atoms with E-state index in [-0.39, 0.29) is 15.6 Å². The van der Waals surface area contributed by atoms with Gasteiger partial charge in [-0.2, -0.15) is 5.26 Å². The molecule has 7 heteroatoms. The first kappa shape index (κ1) is 11.8. The monoisotopic (exact) mass is 280 g/mol. The summed E-state index contributed by atoms with van der Waals surface area (Å²) < 4.78 is 39.6. The van der Waals surface area contributed by atoms with Crippen molar-refractivity contribution in [3.63, 3.8) is 0 Å². The number of rotatable bonds is 1. The average molecular weight is 281 g/mol. The van der Waals surface area contributed by atoms with Crippen LogP contribution in [-0.4, -0.2) is 11.3 Å². The normalized spacial score (nSPS) is 10.9. The maximum absolute atomic E-state index is 11.9. The van der Waals surface area contributed by atoms with Gasteiger partial charge in [-0.1, -0.05) is 0 Å². The van der Waals surface area contributed by atoms with E-state index in [1.54, 1.807) is 6.07 Å². The van der Waals surface area contributed by atoms with Gasteiger partial charge in [0.2, 0.25) is 5.88 Å². The van der Waals surface area contributed by atoms with Gasteiger partial charge in [0.25, 0.3) is 0 Å². The Bertz CT molecular complexity index is 425. The Morgan fingerprint density at radius 1 is 1.53 bits per heavy atom. The van der Waals surface area contributed by atoms with Crippen molar-refractivity contribution in [2.24, 2.45) is 0 Å². The largest absolute Gasteiger partial charge is 0.574 e. The van der Waals surface area contributed by atoms with E-state index in [1.807, 2.05) is 0 Å². The van der Waals surface area contributed by atoms with Crippen molar-refractivity contribution in [3.8, 4) is 11.9 Å². The molecule has 0 spiro atoms. The molecule has 0 bridgehead atoms. The summed E-state index contributed by atoms with van der Waals surface area (Å²) in [4.78, 5) is 3.40. The number of ether oxygens (including phenoxy) is 1. The molecule has 1 heterocycles. The third-order valence-electron chi connectivity index (χ3n) is 1.53. The van der Waals surface area contributed by atoms with E-state index in [1.165, 1.54) is 6.92 Å². The average Bonchev–Trinajstić information content (AvgIpc) is 2.11. The fourth-order valence-electron chi connectivity index (χ4n) is 0.863. The van der Waals surface area contributed by atoms with Crippen molar-refractivity contribution in [2.45, 2.75) is 13.3 Å². The molecule has 1 aromatic heterocycles. The molecule has 80 valence electrons. The molecule has 3 nitrogen and oxygen atoms in total. The second-order valence-corrected chi connectivity index (χ2v) is 3.37. The molecule has 0 aliphatic rings. The van der Waals surface area contributed by atoms with Gasteiger partial charge >= 0.3 is 6.36 Å². The molecular weight excluding hydrogens is 277 g/mol. The first-order valence-electron chi connectivity index (χ1n) is 3.66. The molecule has 15 heavy (non-hydrogen) atoms. The lowest BCUT2D eigenvalue weighted by atomic mass is 10.2. The van der Waals surface area contributed by atoms with Gasteiger partial charge in [0.1, 0.15) is 6.07 Å². The number of nitrogens with zero attached hydrogens (tertiary/aromatic N) is 2. The Balaban J connectivity index is 3.14. The maximum Gasteiger partial charge on any atom is 0.574 e. The third kappa shape index (κ3) is 2.83.